The summed E-state index contributed by atoms with van der Waals surface area (Å²) in [7, 11) is 2.69. The smallest absolute Gasteiger partial charge is 0.387 e. The highest BCUT2D eigenvalue weighted by molar-refractivity contribution is 6.32. The van der Waals surface area contributed by atoms with E-state index in [4.69, 9.17) is 21.1 Å². The summed E-state index contributed by atoms with van der Waals surface area (Å²) >= 11 is 5.97. The van der Waals surface area contributed by atoms with Gasteiger partial charge in [0.15, 0.2) is 11.5 Å². The topological polar surface area (TPSA) is 80.6 Å². The molecule has 146 valence electrons. The van der Waals surface area contributed by atoms with Gasteiger partial charge < -0.3 is 19.5 Å². The Kier molecular flexibility index (Phi) is 7.18. The summed E-state index contributed by atoms with van der Waals surface area (Å²) < 4.78 is 39.5. The van der Waals surface area contributed by atoms with Crippen LogP contribution in [-0.2, 0) is 4.79 Å². The normalized spacial score (nSPS) is 11.0. The summed E-state index contributed by atoms with van der Waals surface area (Å²) in [5, 5.41) is 11.7. The lowest BCUT2D eigenvalue weighted by molar-refractivity contribution is -0.112. The van der Waals surface area contributed by atoms with Crippen molar-refractivity contribution in [2.45, 2.75) is 6.61 Å². The van der Waals surface area contributed by atoms with E-state index in [9.17, 15) is 18.8 Å². The molecule has 0 aliphatic rings. The Bertz CT molecular complexity index is 942. The number of para-hydroxylation sites is 2. The van der Waals surface area contributed by atoms with E-state index >= 15 is 0 Å². The second kappa shape index (κ2) is 9.58. The first-order valence-electron chi connectivity index (χ1n) is 7.78. The largest absolute Gasteiger partial charge is 0.495 e. The standard InChI is InChI=1S/C19H15ClF2N2O4/c1-26-15-6-4-3-5-14(15)24-18(25)12(10-23)7-11-8-13(20)17(28-19(21)22)16(9-11)27-2/h3-9,19H,1-2H3,(H,24,25)/b12-7+. The minimum absolute atomic E-state index is 0.0681. The molecule has 0 aromatic heterocycles. The molecule has 9 heteroatoms. The maximum atomic E-state index is 12.5. The molecule has 0 bridgehead atoms. The minimum atomic E-state index is -3.09. The van der Waals surface area contributed by atoms with E-state index in [1.54, 1.807) is 30.3 Å². The van der Waals surface area contributed by atoms with Crippen LogP contribution in [0.5, 0.6) is 17.2 Å². The van der Waals surface area contributed by atoms with Crippen LogP contribution in [0, 0.1) is 11.3 Å². The average molecular weight is 409 g/mol. The second-order valence-corrected chi connectivity index (χ2v) is 5.64. The highest BCUT2D eigenvalue weighted by Gasteiger charge is 2.17. The minimum Gasteiger partial charge on any atom is -0.495 e. The number of carbonyl (C=O) groups excluding carboxylic acids is 1. The van der Waals surface area contributed by atoms with E-state index < -0.39 is 12.5 Å². The molecule has 0 fully saturated rings. The lowest BCUT2D eigenvalue weighted by Crippen LogP contribution is -2.14. The Hall–Kier alpha value is -3.31. The molecule has 1 N–H and O–H groups in total. The zero-order valence-corrected chi connectivity index (χ0v) is 15.6. The number of halogens is 3. The van der Waals surface area contributed by atoms with Gasteiger partial charge in [0.05, 0.1) is 24.9 Å². The molecule has 2 aromatic carbocycles. The summed E-state index contributed by atoms with van der Waals surface area (Å²) in [6, 6.07) is 11.1. The molecule has 0 aliphatic carbocycles. The van der Waals surface area contributed by atoms with Gasteiger partial charge in [-0.25, -0.2) is 0 Å². The van der Waals surface area contributed by atoms with Crippen molar-refractivity contribution in [3.63, 3.8) is 0 Å². The number of hydrogen-bond acceptors (Lipinski definition) is 5. The molecule has 0 unspecified atom stereocenters. The summed E-state index contributed by atoms with van der Waals surface area (Å²) in [5.41, 5.74) is 0.425. The van der Waals surface area contributed by atoms with Gasteiger partial charge in [-0.2, -0.15) is 14.0 Å². The first-order chi connectivity index (χ1) is 13.4. The molecule has 0 saturated carbocycles. The van der Waals surface area contributed by atoms with Gasteiger partial charge in [0.1, 0.15) is 17.4 Å². The van der Waals surface area contributed by atoms with Crippen LogP contribution in [-0.4, -0.2) is 26.7 Å². The van der Waals surface area contributed by atoms with Crippen LogP contribution in [0.3, 0.4) is 0 Å². The molecule has 0 radical (unpaired) electrons. The highest BCUT2D eigenvalue weighted by atomic mass is 35.5. The van der Waals surface area contributed by atoms with Gasteiger partial charge in [0.2, 0.25) is 0 Å². The number of nitrogens with zero attached hydrogens (tertiary/aromatic N) is 1. The maximum Gasteiger partial charge on any atom is 0.387 e. The highest BCUT2D eigenvalue weighted by Crippen LogP contribution is 2.38. The Morgan fingerprint density at radius 3 is 2.50 bits per heavy atom. The van der Waals surface area contributed by atoms with Crippen LogP contribution in [0.4, 0.5) is 14.5 Å². The van der Waals surface area contributed by atoms with E-state index in [0.29, 0.717) is 11.4 Å². The zero-order chi connectivity index (χ0) is 20.7. The van der Waals surface area contributed by atoms with Crippen LogP contribution in [0.2, 0.25) is 5.02 Å². The third-order valence-corrected chi connectivity index (χ3v) is 3.77. The number of ether oxygens (including phenoxy) is 3. The van der Waals surface area contributed by atoms with Gasteiger partial charge in [-0.05, 0) is 35.9 Å². The molecular formula is C19H15ClF2N2O4. The predicted octanol–water partition coefficient (Wildman–Crippen LogP) is 4.50. The monoisotopic (exact) mass is 408 g/mol. The fraction of sp³-hybridized carbons (Fsp3) is 0.158. The number of nitrogens with one attached hydrogen (secondary N) is 1. The van der Waals surface area contributed by atoms with Crippen LogP contribution in [0.25, 0.3) is 6.08 Å². The molecule has 0 saturated heterocycles. The number of anilines is 1. The Morgan fingerprint density at radius 2 is 1.89 bits per heavy atom. The Labute approximate surface area is 164 Å². The van der Waals surface area contributed by atoms with Gasteiger partial charge in [-0.15, -0.1) is 0 Å². The number of benzene rings is 2. The van der Waals surface area contributed by atoms with Crippen molar-refractivity contribution in [3.05, 3.63) is 52.6 Å². The van der Waals surface area contributed by atoms with Gasteiger partial charge in [0.25, 0.3) is 5.91 Å². The zero-order valence-electron chi connectivity index (χ0n) is 14.8. The molecule has 2 aromatic rings. The molecular weight excluding hydrogens is 394 g/mol. The lowest BCUT2D eigenvalue weighted by atomic mass is 10.1. The third kappa shape index (κ3) is 5.11. The molecule has 1 amide bonds. The number of amides is 1. The van der Waals surface area contributed by atoms with Crippen molar-refractivity contribution in [1.82, 2.24) is 0 Å². The molecule has 0 spiro atoms. The molecule has 0 aliphatic heterocycles. The third-order valence-electron chi connectivity index (χ3n) is 3.49. The Balaban J connectivity index is 2.34. The van der Waals surface area contributed by atoms with Crippen molar-refractivity contribution >= 4 is 29.3 Å². The van der Waals surface area contributed by atoms with Crippen molar-refractivity contribution in [3.8, 4) is 23.3 Å². The van der Waals surface area contributed by atoms with Gasteiger partial charge >= 0.3 is 6.61 Å². The van der Waals surface area contributed by atoms with Crippen LogP contribution >= 0.6 is 11.6 Å². The number of hydrogen-bond donors (Lipinski definition) is 1. The number of nitriles is 1. The maximum absolute atomic E-state index is 12.5. The van der Waals surface area contributed by atoms with Gasteiger partial charge in [-0.3, -0.25) is 4.79 Å². The first-order valence-corrected chi connectivity index (χ1v) is 8.16. The van der Waals surface area contributed by atoms with Crippen molar-refractivity contribution in [2.75, 3.05) is 19.5 Å². The van der Waals surface area contributed by atoms with E-state index in [-0.39, 0.29) is 27.7 Å². The van der Waals surface area contributed by atoms with Crippen molar-refractivity contribution in [2.24, 2.45) is 0 Å². The fourth-order valence-electron chi connectivity index (χ4n) is 2.28. The van der Waals surface area contributed by atoms with Crippen molar-refractivity contribution in [1.29, 1.82) is 5.26 Å². The SMILES string of the molecule is COc1ccccc1NC(=O)/C(C#N)=C/c1cc(Cl)c(OC(F)F)c(OC)c1. The summed E-state index contributed by atoms with van der Waals surface area (Å²) in [6.45, 7) is -3.09. The average Bonchev–Trinajstić information content (AvgIpc) is 2.67. The van der Waals surface area contributed by atoms with E-state index in [2.05, 4.69) is 10.1 Å². The van der Waals surface area contributed by atoms with E-state index in [1.165, 1.54) is 32.4 Å². The fourth-order valence-corrected chi connectivity index (χ4v) is 2.54. The van der Waals surface area contributed by atoms with E-state index in [0.717, 1.165) is 0 Å². The molecule has 6 nitrogen and oxygen atoms in total. The first kappa shape index (κ1) is 21.0. The predicted molar refractivity (Wildman–Crippen MR) is 99.8 cm³/mol. The van der Waals surface area contributed by atoms with Gasteiger partial charge in [0, 0.05) is 0 Å². The van der Waals surface area contributed by atoms with Crippen LogP contribution in [0.1, 0.15) is 5.56 Å². The molecule has 2 rings (SSSR count). The molecule has 28 heavy (non-hydrogen) atoms. The number of alkyl halides is 2. The number of rotatable bonds is 7. The quantitative estimate of drug-likeness (QED) is 0.538. The number of carbonyl (C=O) groups is 1. The second-order valence-electron chi connectivity index (χ2n) is 5.24. The van der Waals surface area contributed by atoms with Gasteiger partial charge in [-0.1, -0.05) is 23.7 Å². The van der Waals surface area contributed by atoms with Crippen LogP contribution < -0.4 is 19.5 Å². The number of methoxy groups -OCH3 is 2. The Morgan fingerprint density at radius 1 is 1.21 bits per heavy atom. The van der Waals surface area contributed by atoms with Crippen LogP contribution in [0.15, 0.2) is 42.0 Å². The van der Waals surface area contributed by atoms with E-state index in [1.807, 2.05) is 0 Å². The molecule has 0 atom stereocenters. The summed E-state index contributed by atoms with van der Waals surface area (Å²) in [4.78, 5) is 12.4. The summed E-state index contributed by atoms with van der Waals surface area (Å²) in [5.74, 6) is -0.670. The molecule has 0 heterocycles. The lowest BCUT2D eigenvalue weighted by Gasteiger charge is -2.12. The summed E-state index contributed by atoms with van der Waals surface area (Å²) in [6.07, 6.45) is 1.24. The van der Waals surface area contributed by atoms with Crippen molar-refractivity contribution < 1.29 is 27.8 Å².